The molecule has 4 fully saturated rings. The van der Waals surface area contributed by atoms with Crippen molar-refractivity contribution < 1.29 is 14.3 Å². The number of benzene rings is 1. The van der Waals surface area contributed by atoms with Gasteiger partial charge in [0.25, 0.3) is 0 Å². The molecular weight excluding hydrogens is 364 g/mol. The van der Waals surface area contributed by atoms with Gasteiger partial charge in [-0.2, -0.15) is 0 Å². The van der Waals surface area contributed by atoms with E-state index in [2.05, 4.69) is 22.8 Å². The first-order chi connectivity index (χ1) is 13.8. The Kier molecular flexibility index (Phi) is 5.58. The van der Waals surface area contributed by atoms with E-state index in [1.807, 2.05) is 26.0 Å². The summed E-state index contributed by atoms with van der Waals surface area (Å²) in [6, 6.07) is 7.78. The number of alkyl carbamates (subject to hydrolysis) is 1. The molecule has 2 amide bonds. The number of hydrogen-bond acceptors (Lipinski definition) is 3. The molecule has 4 aliphatic rings. The number of ether oxygens (including phenoxy) is 1. The molecule has 29 heavy (non-hydrogen) atoms. The van der Waals surface area contributed by atoms with Gasteiger partial charge >= 0.3 is 6.09 Å². The molecule has 0 radical (unpaired) electrons. The van der Waals surface area contributed by atoms with Crippen molar-refractivity contribution in [1.82, 2.24) is 5.32 Å². The number of rotatable bonds is 6. The molecule has 5 heteroatoms. The maximum absolute atomic E-state index is 12.4. The highest BCUT2D eigenvalue weighted by Gasteiger charge is 2.51. The normalized spacial score (nSPS) is 30.8. The predicted octanol–water partition coefficient (Wildman–Crippen LogP) is 4.86. The van der Waals surface area contributed by atoms with E-state index in [1.165, 1.54) is 44.1 Å². The molecule has 0 aromatic heterocycles. The van der Waals surface area contributed by atoms with Crippen LogP contribution in [0.5, 0.6) is 0 Å². The van der Waals surface area contributed by atoms with Gasteiger partial charge in [-0.05, 0) is 92.2 Å². The summed E-state index contributed by atoms with van der Waals surface area (Å²) in [6.45, 7) is 5.94. The zero-order valence-electron chi connectivity index (χ0n) is 17.9. The Morgan fingerprint density at radius 2 is 1.55 bits per heavy atom. The highest BCUT2D eigenvalue weighted by Crippen LogP contribution is 2.60. The standard InChI is InChI=1S/C24H34N2O3/c1-15(2)14-29-23(28)25-16(3)22(27)26-21-6-4-20(5-7-21)24-11-17-8-18(12-24)10-19(9-17)13-24/h4-7,15-19H,8-14H2,1-3H3,(H,25,28)(H,26,27). The topological polar surface area (TPSA) is 67.4 Å². The van der Waals surface area contributed by atoms with E-state index in [0.29, 0.717) is 12.0 Å². The second-order valence-corrected chi connectivity index (χ2v) is 10.1. The Hall–Kier alpha value is -2.04. The molecule has 4 bridgehead atoms. The van der Waals surface area contributed by atoms with E-state index < -0.39 is 12.1 Å². The van der Waals surface area contributed by atoms with Crippen molar-refractivity contribution >= 4 is 17.7 Å². The number of anilines is 1. The van der Waals surface area contributed by atoms with Crippen LogP contribution in [0.15, 0.2) is 24.3 Å². The zero-order chi connectivity index (χ0) is 20.6. The van der Waals surface area contributed by atoms with Gasteiger partial charge in [0.2, 0.25) is 5.91 Å². The summed E-state index contributed by atoms with van der Waals surface area (Å²) in [5, 5.41) is 5.49. The van der Waals surface area contributed by atoms with Crippen LogP contribution in [-0.4, -0.2) is 24.6 Å². The molecule has 4 saturated carbocycles. The Balaban J connectivity index is 1.34. The van der Waals surface area contributed by atoms with Crippen LogP contribution in [-0.2, 0) is 14.9 Å². The number of carbonyl (C=O) groups is 2. The molecule has 1 aromatic rings. The molecule has 5 rings (SSSR count). The van der Waals surface area contributed by atoms with Crippen LogP contribution < -0.4 is 10.6 Å². The largest absolute Gasteiger partial charge is 0.449 e. The third-order valence-electron chi connectivity index (χ3n) is 7.08. The monoisotopic (exact) mass is 398 g/mol. The van der Waals surface area contributed by atoms with Gasteiger partial charge in [0.05, 0.1) is 6.61 Å². The molecule has 0 aliphatic heterocycles. The number of amides is 2. The fraction of sp³-hybridized carbons (Fsp3) is 0.667. The molecule has 1 unspecified atom stereocenters. The Labute approximate surface area is 174 Å². The molecular formula is C24H34N2O3. The lowest BCUT2D eigenvalue weighted by molar-refractivity contribution is -0.117. The van der Waals surface area contributed by atoms with Crippen molar-refractivity contribution in [3.05, 3.63) is 29.8 Å². The Morgan fingerprint density at radius 1 is 1.00 bits per heavy atom. The maximum Gasteiger partial charge on any atom is 0.407 e. The first-order valence-corrected chi connectivity index (χ1v) is 11.2. The fourth-order valence-corrected chi connectivity index (χ4v) is 6.15. The van der Waals surface area contributed by atoms with Crippen molar-refractivity contribution in [2.45, 2.75) is 70.8 Å². The zero-order valence-corrected chi connectivity index (χ0v) is 17.9. The van der Waals surface area contributed by atoms with Gasteiger partial charge in [0.15, 0.2) is 0 Å². The summed E-state index contributed by atoms with van der Waals surface area (Å²) in [5.41, 5.74) is 2.58. The summed E-state index contributed by atoms with van der Waals surface area (Å²) in [7, 11) is 0. The average molecular weight is 399 g/mol. The highest BCUT2D eigenvalue weighted by molar-refractivity contribution is 5.96. The predicted molar refractivity (Wildman–Crippen MR) is 114 cm³/mol. The van der Waals surface area contributed by atoms with Gasteiger partial charge in [0, 0.05) is 5.69 Å². The van der Waals surface area contributed by atoms with Crippen molar-refractivity contribution in [2.75, 3.05) is 11.9 Å². The summed E-state index contributed by atoms with van der Waals surface area (Å²) in [4.78, 5) is 24.2. The van der Waals surface area contributed by atoms with Crippen LogP contribution in [0.25, 0.3) is 0 Å². The highest BCUT2D eigenvalue weighted by atomic mass is 16.5. The van der Waals surface area contributed by atoms with Crippen LogP contribution in [0.1, 0.15) is 64.9 Å². The second kappa shape index (κ2) is 8.00. The van der Waals surface area contributed by atoms with Crippen LogP contribution in [0, 0.1) is 23.7 Å². The van der Waals surface area contributed by atoms with E-state index in [1.54, 1.807) is 6.92 Å². The minimum atomic E-state index is -0.655. The summed E-state index contributed by atoms with van der Waals surface area (Å²) in [6.07, 6.45) is 7.78. The van der Waals surface area contributed by atoms with Gasteiger partial charge in [-0.15, -0.1) is 0 Å². The minimum absolute atomic E-state index is 0.242. The van der Waals surface area contributed by atoms with Gasteiger partial charge in [-0.25, -0.2) is 4.79 Å². The van der Waals surface area contributed by atoms with E-state index in [-0.39, 0.29) is 11.8 Å². The van der Waals surface area contributed by atoms with E-state index in [4.69, 9.17) is 4.74 Å². The van der Waals surface area contributed by atoms with Crippen molar-refractivity contribution in [2.24, 2.45) is 23.7 Å². The van der Waals surface area contributed by atoms with Crippen LogP contribution >= 0.6 is 0 Å². The molecule has 0 spiro atoms. The second-order valence-electron chi connectivity index (χ2n) is 10.1. The lowest BCUT2D eigenvalue weighted by atomic mass is 9.48. The smallest absolute Gasteiger partial charge is 0.407 e. The van der Waals surface area contributed by atoms with Crippen molar-refractivity contribution in [1.29, 1.82) is 0 Å². The van der Waals surface area contributed by atoms with E-state index in [9.17, 15) is 9.59 Å². The van der Waals surface area contributed by atoms with Crippen LogP contribution in [0.4, 0.5) is 10.5 Å². The van der Waals surface area contributed by atoms with E-state index >= 15 is 0 Å². The van der Waals surface area contributed by atoms with Gasteiger partial charge in [-0.1, -0.05) is 26.0 Å². The summed E-state index contributed by atoms with van der Waals surface area (Å²) in [5.74, 6) is 2.78. The van der Waals surface area contributed by atoms with E-state index in [0.717, 1.165) is 23.4 Å². The fourth-order valence-electron chi connectivity index (χ4n) is 6.15. The lowest BCUT2D eigenvalue weighted by Crippen LogP contribution is -2.48. The molecule has 0 saturated heterocycles. The number of hydrogen-bond donors (Lipinski definition) is 2. The van der Waals surface area contributed by atoms with Gasteiger partial charge in [-0.3, -0.25) is 4.79 Å². The molecule has 158 valence electrons. The minimum Gasteiger partial charge on any atom is -0.449 e. The summed E-state index contributed by atoms with van der Waals surface area (Å²) >= 11 is 0. The molecule has 2 N–H and O–H groups in total. The van der Waals surface area contributed by atoms with Gasteiger partial charge in [0.1, 0.15) is 6.04 Å². The lowest BCUT2D eigenvalue weighted by Gasteiger charge is -2.57. The summed E-state index contributed by atoms with van der Waals surface area (Å²) < 4.78 is 5.08. The van der Waals surface area contributed by atoms with Crippen LogP contribution in [0.2, 0.25) is 0 Å². The third-order valence-corrected chi connectivity index (χ3v) is 7.08. The quantitative estimate of drug-likeness (QED) is 0.719. The average Bonchev–Trinajstić information content (AvgIpc) is 2.65. The maximum atomic E-state index is 12.4. The molecule has 5 nitrogen and oxygen atoms in total. The first kappa shape index (κ1) is 20.2. The molecule has 1 atom stereocenters. The number of carbonyl (C=O) groups excluding carboxylic acids is 2. The SMILES string of the molecule is CC(C)COC(=O)NC(C)C(=O)Nc1ccc(C23CC4CC(CC(C4)C2)C3)cc1. The molecule has 0 heterocycles. The van der Waals surface area contributed by atoms with Gasteiger partial charge < -0.3 is 15.4 Å². The van der Waals surface area contributed by atoms with Crippen molar-refractivity contribution in [3.63, 3.8) is 0 Å². The number of nitrogens with one attached hydrogen (secondary N) is 2. The van der Waals surface area contributed by atoms with Crippen molar-refractivity contribution in [3.8, 4) is 0 Å². The molecule has 1 aromatic carbocycles. The molecule has 4 aliphatic carbocycles. The van der Waals surface area contributed by atoms with Crippen LogP contribution in [0.3, 0.4) is 0 Å². The Bertz CT molecular complexity index is 721. The third kappa shape index (κ3) is 4.44. The first-order valence-electron chi connectivity index (χ1n) is 11.2. The Morgan fingerprint density at radius 3 is 2.07 bits per heavy atom.